The number of alkyl halides is 6. The van der Waals surface area contributed by atoms with E-state index >= 15 is 0 Å². The first-order valence-electron chi connectivity index (χ1n) is 7.96. The van der Waals surface area contributed by atoms with Gasteiger partial charge in [0.25, 0.3) is 0 Å². The lowest BCUT2D eigenvalue weighted by molar-refractivity contribution is -0.350. The molecule has 0 radical (unpaired) electrons. The Balaban J connectivity index is 0. The van der Waals surface area contributed by atoms with Crippen LogP contribution in [0.2, 0.25) is 0 Å². The van der Waals surface area contributed by atoms with Crippen LogP contribution >= 0.6 is 0 Å². The van der Waals surface area contributed by atoms with Crippen LogP contribution in [0.15, 0.2) is 18.2 Å². The molecule has 6 N–H and O–H groups in total. The van der Waals surface area contributed by atoms with Gasteiger partial charge in [-0.2, -0.15) is 26.3 Å². The first-order chi connectivity index (χ1) is 14.6. The van der Waals surface area contributed by atoms with Crippen LogP contribution in [0.4, 0.5) is 26.3 Å². The molecule has 0 fully saturated rings. The zero-order chi connectivity index (χ0) is 25.5. The minimum atomic E-state index is -5.19. The number of carboxylic acid groups (broad SMARTS) is 2. The fourth-order valence-corrected chi connectivity index (χ4v) is 1.34. The van der Waals surface area contributed by atoms with Crippen molar-refractivity contribution in [2.45, 2.75) is 12.4 Å². The highest BCUT2D eigenvalue weighted by molar-refractivity contribution is 5.90. The van der Waals surface area contributed by atoms with Crippen LogP contribution in [0.3, 0.4) is 0 Å². The number of methoxy groups -OCH3 is 1. The second-order valence-electron chi connectivity index (χ2n) is 4.96. The third kappa shape index (κ3) is 14.3. The highest BCUT2D eigenvalue weighted by Gasteiger charge is 2.29. The first kappa shape index (κ1) is 30.4. The number of esters is 1. The van der Waals surface area contributed by atoms with Gasteiger partial charge in [0, 0.05) is 11.1 Å². The molecule has 8 nitrogen and oxygen atoms in total. The normalized spacial score (nSPS) is 9.78. The fraction of sp³-hybridized carbons (Fsp3) is 0.278. The lowest BCUT2D eigenvalue weighted by Gasteiger charge is -2.03. The van der Waals surface area contributed by atoms with Gasteiger partial charge in [-0.1, -0.05) is 11.8 Å². The van der Waals surface area contributed by atoms with Gasteiger partial charge in [-0.25, -0.2) is 4.79 Å². The summed E-state index contributed by atoms with van der Waals surface area (Å²) in [6.07, 6.45) is -10.4. The standard InChI is InChI=1S/C14H14N2O2.2C2HF3O2/c1-18-14(17)13-9-11(4-2-6-15)8-12(10-13)5-3-7-16;2*3-2(4,5)1(6)7/h8-10H,6-7,15-16H2,1H3;2*(H,6,7). The number of benzene rings is 1. The summed E-state index contributed by atoms with van der Waals surface area (Å²) in [7, 11) is 1.35. The zero-order valence-electron chi connectivity index (χ0n) is 16.3. The molecule has 0 aliphatic rings. The summed E-state index contributed by atoms with van der Waals surface area (Å²) in [4.78, 5) is 29.1. The molecule has 14 heteroatoms. The van der Waals surface area contributed by atoms with Gasteiger partial charge < -0.3 is 36.0 Å². The van der Waals surface area contributed by atoms with Gasteiger partial charge in [0.05, 0.1) is 12.7 Å². The van der Waals surface area contributed by atoms with Gasteiger partial charge in [0.1, 0.15) is 25.0 Å². The second kappa shape index (κ2) is 14.3. The first-order valence-corrected chi connectivity index (χ1v) is 7.96. The number of quaternary nitrogens is 2. The van der Waals surface area contributed by atoms with Crippen molar-refractivity contribution < 1.29 is 67.1 Å². The Hall–Kier alpha value is -3.75. The van der Waals surface area contributed by atoms with E-state index in [1.54, 1.807) is 12.1 Å². The van der Waals surface area contributed by atoms with E-state index < -0.39 is 30.3 Å². The molecule has 176 valence electrons. The maximum absolute atomic E-state index is 11.5. The van der Waals surface area contributed by atoms with Gasteiger partial charge in [-0.3, -0.25) is 0 Å². The van der Waals surface area contributed by atoms with E-state index in [0.717, 1.165) is 11.1 Å². The quantitative estimate of drug-likeness (QED) is 0.257. The van der Waals surface area contributed by atoms with Crippen molar-refractivity contribution in [3.8, 4) is 23.7 Å². The van der Waals surface area contributed by atoms with Crippen LogP contribution in [-0.2, 0) is 14.3 Å². The molecule has 32 heavy (non-hydrogen) atoms. The van der Waals surface area contributed by atoms with Crippen molar-refractivity contribution >= 4 is 17.9 Å². The average Bonchev–Trinajstić information content (AvgIpc) is 2.69. The maximum atomic E-state index is 11.5. The van der Waals surface area contributed by atoms with Crippen LogP contribution in [0.25, 0.3) is 0 Å². The van der Waals surface area contributed by atoms with Gasteiger partial charge in [0.15, 0.2) is 0 Å². The predicted molar refractivity (Wildman–Crippen MR) is 89.2 cm³/mol. The van der Waals surface area contributed by atoms with Crippen LogP contribution in [0.1, 0.15) is 21.5 Å². The molecule has 0 atom stereocenters. The molecule has 0 amide bonds. The van der Waals surface area contributed by atoms with E-state index in [4.69, 9.17) is 24.5 Å². The maximum Gasteiger partial charge on any atom is 0.430 e. The van der Waals surface area contributed by atoms with Crippen LogP contribution < -0.4 is 21.7 Å². The molecule has 0 saturated heterocycles. The van der Waals surface area contributed by atoms with E-state index in [9.17, 15) is 31.1 Å². The molecule has 0 unspecified atom stereocenters. The predicted octanol–water partition coefficient (Wildman–Crippen LogP) is -2.74. The molecule has 1 rings (SSSR count). The lowest BCUT2D eigenvalue weighted by atomic mass is 10.1. The molecule has 0 spiro atoms. The number of rotatable bonds is 1. The third-order valence-corrected chi connectivity index (χ3v) is 2.53. The third-order valence-electron chi connectivity index (χ3n) is 2.53. The second-order valence-corrected chi connectivity index (χ2v) is 4.96. The number of carboxylic acids is 2. The minimum absolute atomic E-state index is 0.397. The van der Waals surface area contributed by atoms with Crippen molar-refractivity contribution in [3.05, 3.63) is 34.9 Å². The van der Waals surface area contributed by atoms with Crippen LogP contribution in [0, 0.1) is 23.7 Å². The van der Waals surface area contributed by atoms with E-state index in [0.29, 0.717) is 18.7 Å². The lowest BCUT2D eigenvalue weighted by Crippen LogP contribution is -2.49. The minimum Gasteiger partial charge on any atom is -0.542 e. The summed E-state index contributed by atoms with van der Waals surface area (Å²) in [5.74, 6) is 5.16. The molecule has 1 aromatic rings. The molecule has 0 saturated carbocycles. The molecule has 0 aliphatic carbocycles. The summed E-state index contributed by atoms with van der Waals surface area (Å²) in [5.41, 5.74) is 9.20. The Labute approximate surface area is 177 Å². The molecule has 0 heterocycles. The highest BCUT2D eigenvalue weighted by Crippen LogP contribution is 2.12. The number of halogens is 6. The Morgan fingerprint density at radius 3 is 1.38 bits per heavy atom. The largest absolute Gasteiger partial charge is 0.542 e. The van der Waals surface area contributed by atoms with Crippen LogP contribution in [0.5, 0.6) is 0 Å². The molecule has 0 aromatic heterocycles. The van der Waals surface area contributed by atoms with Gasteiger partial charge in [0.2, 0.25) is 0 Å². The summed E-state index contributed by atoms with van der Waals surface area (Å²) >= 11 is 0. The molecule has 0 aliphatic heterocycles. The van der Waals surface area contributed by atoms with Crippen molar-refractivity contribution in [1.29, 1.82) is 0 Å². The molecule has 0 bridgehead atoms. The Morgan fingerprint density at radius 1 is 0.844 bits per heavy atom. The van der Waals surface area contributed by atoms with Gasteiger partial charge in [-0.05, 0) is 30.0 Å². The van der Waals surface area contributed by atoms with Gasteiger partial charge >= 0.3 is 18.3 Å². The molecular formula is C18H16F6N2O6. The highest BCUT2D eigenvalue weighted by atomic mass is 19.4. The summed E-state index contributed by atoms with van der Waals surface area (Å²) in [5, 5.41) is 17.6. The average molecular weight is 470 g/mol. The summed E-state index contributed by atoms with van der Waals surface area (Å²) < 4.78 is 67.8. The topological polar surface area (TPSA) is 162 Å². The van der Waals surface area contributed by atoms with E-state index in [1.165, 1.54) is 7.11 Å². The number of carbonyl (C=O) groups excluding carboxylic acids is 3. The molecular weight excluding hydrogens is 454 g/mol. The van der Waals surface area contributed by atoms with Crippen molar-refractivity contribution in [2.24, 2.45) is 0 Å². The van der Waals surface area contributed by atoms with Gasteiger partial charge in [-0.15, -0.1) is 0 Å². The van der Waals surface area contributed by atoms with Crippen LogP contribution in [-0.4, -0.2) is 50.5 Å². The Morgan fingerprint density at radius 2 is 1.16 bits per heavy atom. The Bertz CT molecular complexity index is 856. The fourth-order valence-electron chi connectivity index (χ4n) is 1.34. The number of hydrogen-bond donors (Lipinski definition) is 2. The Kier molecular flexibility index (Phi) is 13.6. The van der Waals surface area contributed by atoms with Crippen molar-refractivity contribution in [3.63, 3.8) is 0 Å². The van der Waals surface area contributed by atoms with E-state index in [-0.39, 0.29) is 0 Å². The van der Waals surface area contributed by atoms with Crippen molar-refractivity contribution in [1.82, 2.24) is 0 Å². The zero-order valence-corrected chi connectivity index (χ0v) is 16.3. The SMILES string of the molecule is COC(=O)c1cc(C#CC[NH3+])cc(C#CC[NH3+])c1.O=C([O-])C(F)(F)F.O=C([O-])C(F)(F)F. The summed E-state index contributed by atoms with van der Waals surface area (Å²) in [6.45, 7) is 1.03. The number of hydrogen-bond acceptors (Lipinski definition) is 6. The monoisotopic (exact) mass is 470 g/mol. The number of carbonyl (C=O) groups is 3. The number of aliphatic carboxylic acids is 2. The number of ether oxygens (including phenoxy) is 1. The summed E-state index contributed by atoms with van der Waals surface area (Å²) in [6, 6.07) is 5.20. The molecule has 1 aromatic carbocycles. The van der Waals surface area contributed by atoms with E-state index in [1.807, 2.05) is 6.07 Å². The smallest absolute Gasteiger partial charge is 0.430 e. The van der Waals surface area contributed by atoms with E-state index in [2.05, 4.69) is 35.1 Å². The van der Waals surface area contributed by atoms with Crippen molar-refractivity contribution in [2.75, 3.05) is 20.2 Å².